The van der Waals surface area contributed by atoms with Gasteiger partial charge < -0.3 is 20.5 Å². The summed E-state index contributed by atoms with van der Waals surface area (Å²) in [6.07, 6.45) is 0.838. The van der Waals surface area contributed by atoms with E-state index in [1.54, 1.807) is 0 Å². The minimum Gasteiger partial charge on any atom is -0.468 e. The van der Waals surface area contributed by atoms with Crippen LogP contribution in [0.1, 0.15) is 40.0 Å². The number of nitrogens with two attached hydrogens (primary N) is 1. The third-order valence-corrected chi connectivity index (χ3v) is 4.18. The lowest BCUT2D eigenvalue weighted by molar-refractivity contribution is -0.143. The van der Waals surface area contributed by atoms with Gasteiger partial charge in [-0.15, -0.1) is 0 Å². The fourth-order valence-electron chi connectivity index (χ4n) is 3.05. The van der Waals surface area contributed by atoms with Gasteiger partial charge in [-0.3, -0.25) is 4.79 Å². The van der Waals surface area contributed by atoms with Gasteiger partial charge >= 0.3 is 12.1 Å². The number of carbonyl (C=O) groups is 2. The summed E-state index contributed by atoms with van der Waals surface area (Å²) in [4.78, 5) is 24.4. The van der Waals surface area contributed by atoms with Crippen LogP contribution in [-0.4, -0.2) is 47.3 Å². The summed E-state index contributed by atoms with van der Waals surface area (Å²) in [5.41, 5.74) is 4.94. The van der Waals surface area contributed by atoms with Crippen molar-refractivity contribution in [3.63, 3.8) is 0 Å². The largest absolute Gasteiger partial charge is 0.468 e. The average Bonchev–Trinajstić information content (AvgIpc) is 2.72. The van der Waals surface area contributed by atoms with Gasteiger partial charge in [0, 0.05) is 6.54 Å². The van der Waals surface area contributed by atoms with Gasteiger partial charge in [-0.05, 0) is 24.7 Å². The van der Waals surface area contributed by atoms with E-state index in [2.05, 4.69) is 4.74 Å². The molecule has 1 amide bonds. The van der Waals surface area contributed by atoms with Crippen LogP contribution in [0, 0.1) is 5.41 Å². The lowest BCUT2D eigenvalue weighted by Crippen LogP contribution is -2.58. The quantitative estimate of drug-likeness (QED) is 0.758. The summed E-state index contributed by atoms with van der Waals surface area (Å²) in [6, 6.07) is -0.802. The first-order chi connectivity index (χ1) is 8.65. The van der Waals surface area contributed by atoms with Gasteiger partial charge in [0.05, 0.1) is 12.6 Å². The van der Waals surface area contributed by atoms with Crippen molar-refractivity contribution in [3.05, 3.63) is 0 Å². The molecule has 1 fully saturated rings. The second-order valence-corrected chi connectivity index (χ2v) is 6.15. The van der Waals surface area contributed by atoms with E-state index in [9.17, 15) is 14.7 Å². The third-order valence-electron chi connectivity index (χ3n) is 4.18. The number of carboxylic acid groups (broad SMARTS) is 1. The molecule has 2 unspecified atom stereocenters. The topological polar surface area (TPSA) is 92.9 Å². The maximum atomic E-state index is 11.5. The number of rotatable bonds is 3. The Labute approximate surface area is 113 Å². The van der Waals surface area contributed by atoms with Crippen LogP contribution >= 0.6 is 0 Å². The molecule has 0 radical (unpaired) electrons. The van der Waals surface area contributed by atoms with Crippen LogP contribution in [0.15, 0.2) is 0 Å². The van der Waals surface area contributed by atoms with Crippen LogP contribution in [0.2, 0.25) is 0 Å². The molecular weight excluding hydrogens is 248 g/mol. The van der Waals surface area contributed by atoms with E-state index in [4.69, 9.17) is 5.73 Å². The molecule has 1 saturated heterocycles. The van der Waals surface area contributed by atoms with Crippen molar-refractivity contribution in [2.24, 2.45) is 11.1 Å². The number of carbonyl (C=O) groups excluding carboxylic acids is 1. The molecule has 6 nitrogen and oxygen atoms in total. The summed E-state index contributed by atoms with van der Waals surface area (Å²) >= 11 is 0. The zero-order valence-electron chi connectivity index (χ0n) is 12.1. The van der Waals surface area contributed by atoms with Crippen LogP contribution < -0.4 is 5.73 Å². The zero-order chi connectivity index (χ0) is 14.8. The lowest BCUT2D eigenvalue weighted by Gasteiger charge is -2.48. The van der Waals surface area contributed by atoms with E-state index in [-0.39, 0.29) is 11.8 Å². The Morgan fingerprint density at radius 1 is 1.47 bits per heavy atom. The molecule has 0 aliphatic carbocycles. The third kappa shape index (κ3) is 2.83. The van der Waals surface area contributed by atoms with E-state index in [1.807, 2.05) is 20.8 Å². The molecule has 6 heteroatoms. The van der Waals surface area contributed by atoms with Crippen LogP contribution in [0.5, 0.6) is 0 Å². The van der Waals surface area contributed by atoms with Gasteiger partial charge in [-0.2, -0.15) is 0 Å². The Morgan fingerprint density at radius 3 is 2.47 bits per heavy atom. The molecule has 0 aromatic rings. The molecule has 1 aliphatic rings. The van der Waals surface area contributed by atoms with Crippen molar-refractivity contribution in [2.75, 3.05) is 13.7 Å². The predicted molar refractivity (Wildman–Crippen MR) is 70.8 cm³/mol. The molecule has 0 saturated carbocycles. The van der Waals surface area contributed by atoms with Crippen molar-refractivity contribution < 1.29 is 19.4 Å². The molecule has 110 valence electrons. The van der Waals surface area contributed by atoms with Crippen molar-refractivity contribution >= 4 is 12.1 Å². The first-order valence-electron chi connectivity index (χ1n) is 6.50. The number of likely N-dealkylation sites (tertiary alicyclic amines) is 1. The van der Waals surface area contributed by atoms with E-state index in [1.165, 1.54) is 12.0 Å². The molecule has 2 atom stereocenters. The fourth-order valence-corrected chi connectivity index (χ4v) is 3.05. The smallest absolute Gasteiger partial charge is 0.407 e. The fraction of sp³-hybridized carbons (Fsp3) is 0.846. The predicted octanol–water partition coefficient (Wildman–Crippen LogP) is 1.44. The average molecular weight is 272 g/mol. The normalized spacial score (nSPS) is 25.2. The Balaban J connectivity index is 3.08. The van der Waals surface area contributed by atoms with E-state index in [0.29, 0.717) is 13.0 Å². The lowest BCUT2D eigenvalue weighted by atomic mass is 9.68. The number of hydrogen-bond acceptors (Lipinski definition) is 4. The number of ether oxygens (including phenoxy) is 1. The second kappa shape index (κ2) is 5.36. The molecule has 0 aromatic heterocycles. The Morgan fingerprint density at radius 2 is 2.05 bits per heavy atom. The molecule has 19 heavy (non-hydrogen) atoms. The molecule has 0 spiro atoms. The monoisotopic (exact) mass is 272 g/mol. The number of amides is 1. The summed E-state index contributed by atoms with van der Waals surface area (Å²) in [5, 5.41) is 9.39. The summed E-state index contributed by atoms with van der Waals surface area (Å²) in [5.74, 6) is -0.499. The van der Waals surface area contributed by atoms with Gasteiger partial charge in [0.15, 0.2) is 0 Å². The minimum atomic E-state index is -0.954. The van der Waals surface area contributed by atoms with E-state index >= 15 is 0 Å². The molecule has 1 rings (SSSR count). The number of methoxy groups -OCH3 is 1. The van der Waals surface area contributed by atoms with Crippen molar-refractivity contribution in [3.8, 4) is 0 Å². The molecular formula is C13H24N2O4. The van der Waals surface area contributed by atoms with Crippen LogP contribution in [-0.2, 0) is 9.53 Å². The summed E-state index contributed by atoms with van der Waals surface area (Å²) < 4.78 is 4.65. The SMILES string of the molecule is COC(=O)C(N)CC1(C(C)(C)C)CCCN1C(=O)O. The first-order valence-corrected chi connectivity index (χ1v) is 6.50. The van der Waals surface area contributed by atoms with E-state index in [0.717, 1.165) is 6.42 Å². The molecule has 3 N–H and O–H groups in total. The van der Waals surface area contributed by atoms with Crippen molar-refractivity contribution in [1.82, 2.24) is 4.90 Å². The van der Waals surface area contributed by atoms with Gasteiger partial charge in [0.25, 0.3) is 0 Å². The molecule has 0 bridgehead atoms. The number of esters is 1. The molecule has 1 heterocycles. The van der Waals surface area contributed by atoms with Gasteiger partial charge in [0.2, 0.25) is 0 Å². The Bertz CT molecular complexity index is 364. The highest BCUT2D eigenvalue weighted by molar-refractivity contribution is 5.76. The highest BCUT2D eigenvalue weighted by Crippen LogP contribution is 2.46. The maximum Gasteiger partial charge on any atom is 0.407 e. The Kier molecular flexibility index (Phi) is 4.45. The molecule has 1 aliphatic heterocycles. The van der Waals surface area contributed by atoms with Crippen LogP contribution in [0.4, 0.5) is 4.79 Å². The number of hydrogen-bond donors (Lipinski definition) is 2. The highest BCUT2D eigenvalue weighted by atomic mass is 16.5. The maximum absolute atomic E-state index is 11.5. The van der Waals surface area contributed by atoms with Gasteiger partial charge in [-0.25, -0.2) is 4.79 Å². The van der Waals surface area contributed by atoms with Crippen molar-refractivity contribution in [2.45, 2.75) is 51.6 Å². The molecule has 0 aromatic carbocycles. The van der Waals surface area contributed by atoms with Gasteiger partial charge in [-0.1, -0.05) is 20.8 Å². The van der Waals surface area contributed by atoms with Crippen LogP contribution in [0.3, 0.4) is 0 Å². The summed E-state index contributed by atoms with van der Waals surface area (Å²) in [7, 11) is 1.29. The number of nitrogens with zero attached hydrogens (tertiary/aromatic N) is 1. The van der Waals surface area contributed by atoms with E-state index < -0.39 is 23.6 Å². The van der Waals surface area contributed by atoms with Crippen LogP contribution in [0.25, 0.3) is 0 Å². The minimum absolute atomic E-state index is 0.287. The highest BCUT2D eigenvalue weighted by Gasteiger charge is 2.52. The van der Waals surface area contributed by atoms with Crippen molar-refractivity contribution in [1.29, 1.82) is 0 Å². The second-order valence-electron chi connectivity index (χ2n) is 6.15. The summed E-state index contributed by atoms with van der Waals surface area (Å²) in [6.45, 7) is 6.44. The zero-order valence-corrected chi connectivity index (χ0v) is 12.1. The standard InChI is InChI=1S/C13H24N2O4/c1-12(2,3)13(8-9(14)10(16)19-4)6-5-7-15(13)11(17)18/h9H,5-8,14H2,1-4H3,(H,17,18). The van der Waals surface area contributed by atoms with Gasteiger partial charge in [0.1, 0.15) is 6.04 Å². The Hall–Kier alpha value is -1.30. The first kappa shape index (κ1) is 15.8.